The highest BCUT2D eigenvalue weighted by Gasteiger charge is 2.19. The third kappa shape index (κ3) is 9.18. The zero-order chi connectivity index (χ0) is 30.8. The monoisotopic (exact) mass is 591 g/mol. The predicted molar refractivity (Wildman–Crippen MR) is 177 cm³/mol. The standard InChI is InChI=1S/C36H37N3O3S/c1-5-33(36(42)38-29-14-9-11-25(4)21-29)43-31-16-10-15-30(23-31)37-35(41)32(39-34(40)28-12-7-6-8-13-28)22-26-17-19-27(20-18-26)24(2)3/h6-24,33H,5H2,1-4H3,(H,37,41)(H,38,42)(H,39,40)/b32-22+. The van der Waals surface area contributed by atoms with Gasteiger partial charge in [0.1, 0.15) is 5.70 Å². The largest absolute Gasteiger partial charge is 0.325 e. The van der Waals surface area contributed by atoms with Crippen molar-refractivity contribution in [1.29, 1.82) is 0 Å². The number of amides is 3. The molecule has 4 rings (SSSR count). The van der Waals surface area contributed by atoms with Crippen LogP contribution in [0.2, 0.25) is 0 Å². The quantitative estimate of drug-likeness (QED) is 0.122. The van der Waals surface area contributed by atoms with E-state index in [1.54, 1.807) is 36.4 Å². The van der Waals surface area contributed by atoms with Crippen LogP contribution in [0.3, 0.4) is 0 Å². The molecule has 0 heterocycles. The molecule has 0 aliphatic carbocycles. The molecular weight excluding hydrogens is 554 g/mol. The number of anilines is 2. The van der Waals surface area contributed by atoms with Crippen molar-refractivity contribution < 1.29 is 14.4 Å². The summed E-state index contributed by atoms with van der Waals surface area (Å²) in [4.78, 5) is 40.4. The molecule has 0 radical (unpaired) electrons. The highest BCUT2D eigenvalue weighted by atomic mass is 32.2. The summed E-state index contributed by atoms with van der Waals surface area (Å²) in [6.07, 6.45) is 2.30. The molecule has 6 nitrogen and oxygen atoms in total. The van der Waals surface area contributed by atoms with E-state index in [4.69, 9.17) is 0 Å². The Balaban J connectivity index is 1.51. The molecule has 220 valence electrons. The minimum Gasteiger partial charge on any atom is -0.325 e. The van der Waals surface area contributed by atoms with Gasteiger partial charge in [-0.3, -0.25) is 14.4 Å². The second-order valence-corrected chi connectivity index (χ2v) is 11.8. The van der Waals surface area contributed by atoms with Gasteiger partial charge in [-0.05, 0) is 84.5 Å². The van der Waals surface area contributed by atoms with E-state index in [2.05, 4.69) is 29.8 Å². The van der Waals surface area contributed by atoms with Gasteiger partial charge in [0.2, 0.25) is 5.91 Å². The van der Waals surface area contributed by atoms with E-state index in [1.165, 1.54) is 17.3 Å². The van der Waals surface area contributed by atoms with E-state index < -0.39 is 5.91 Å². The van der Waals surface area contributed by atoms with Crippen LogP contribution in [0.1, 0.15) is 60.2 Å². The summed E-state index contributed by atoms with van der Waals surface area (Å²) in [6, 6.07) is 31.7. The fraction of sp³-hybridized carbons (Fsp3) is 0.194. The van der Waals surface area contributed by atoms with E-state index in [0.29, 0.717) is 23.6 Å². The summed E-state index contributed by atoms with van der Waals surface area (Å²) < 4.78 is 0. The SMILES string of the molecule is CCC(Sc1cccc(NC(=O)/C(=C\c2ccc(C(C)C)cc2)NC(=O)c2ccccc2)c1)C(=O)Nc1cccc(C)c1. The first-order valence-corrected chi connectivity index (χ1v) is 15.2. The molecule has 0 fully saturated rings. The third-order valence-electron chi connectivity index (χ3n) is 6.76. The van der Waals surface area contributed by atoms with E-state index in [9.17, 15) is 14.4 Å². The van der Waals surface area contributed by atoms with Gasteiger partial charge in [-0.1, -0.05) is 81.4 Å². The molecule has 3 N–H and O–H groups in total. The van der Waals surface area contributed by atoms with Crippen LogP contribution < -0.4 is 16.0 Å². The van der Waals surface area contributed by atoms with Crippen molar-refractivity contribution in [2.24, 2.45) is 0 Å². The molecule has 0 saturated heterocycles. The second-order valence-electron chi connectivity index (χ2n) is 10.6. The third-order valence-corrected chi connectivity index (χ3v) is 8.12. The Hall–Kier alpha value is -4.62. The molecule has 43 heavy (non-hydrogen) atoms. The van der Waals surface area contributed by atoms with Crippen molar-refractivity contribution in [2.45, 2.75) is 50.2 Å². The van der Waals surface area contributed by atoms with Crippen LogP contribution in [0, 0.1) is 6.92 Å². The van der Waals surface area contributed by atoms with Gasteiger partial charge in [-0.25, -0.2) is 0 Å². The van der Waals surface area contributed by atoms with Crippen LogP contribution in [0.25, 0.3) is 6.08 Å². The molecule has 1 atom stereocenters. The van der Waals surface area contributed by atoms with Crippen LogP contribution in [0.15, 0.2) is 114 Å². The first-order chi connectivity index (χ1) is 20.7. The summed E-state index contributed by atoms with van der Waals surface area (Å²) in [7, 11) is 0. The van der Waals surface area contributed by atoms with Crippen molar-refractivity contribution in [1.82, 2.24) is 5.32 Å². The Morgan fingerprint density at radius 2 is 1.47 bits per heavy atom. The molecule has 3 amide bonds. The van der Waals surface area contributed by atoms with Crippen LogP contribution >= 0.6 is 11.8 Å². The second kappa shape index (κ2) is 15.0. The number of hydrogen-bond donors (Lipinski definition) is 3. The minimum absolute atomic E-state index is 0.0788. The summed E-state index contributed by atoms with van der Waals surface area (Å²) in [6.45, 7) is 8.20. The van der Waals surface area contributed by atoms with E-state index in [1.807, 2.05) is 86.6 Å². The molecule has 4 aromatic rings. The number of thioether (sulfide) groups is 1. The molecule has 0 aliphatic rings. The van der Waals surface area contributed by atoms with Crippen LogP contribution in [-0.2, 0) is 9.59 Å². The topological polar surface area (TPSA) is 87.3 Å². The number of nitrogens with one attached hydrogen (secondary N) is 3. The number of aryl methyl sites for hydroxylation is 1. The Morgan fingerprint density at radius 1 is 0.791 bits per heavy atom. The minimum atomic E-state index is -0.455. The zero-order valence-corrected chi connectivity index (χ0v) is 25.7. The molecule has 0 bridgehead atoms. The lowest BCUT2D eigenvalue weighted by atomic mass is 10.0. The van der Waals surface area contributed by atoms with Crippen molar-refractivity contribution in [2.75, 3.05) is 10.6 Å². The average molecular weight is 592 g/mol. The number of carbonyl (C=O) groups excluding carboxylic acids is 3. The molecule has 0 spiro atoms. The maximum absolute atomic E-state index is 13.5. The maximum Gasteiger partial charge on any atom is 0.272 e. The van der Waals surface area contributed by atoms with Gasteiger partial charge in [-0.15, -0.1) is 11.8 Å². The predicted octanol–water partition coefficient (Wildman–Crippen LogP) is 8.04. The highest BCUT2D eigenvalue weighted by Crippen LogP contribution is 2.29. The molecular formula is C36H37N3O3S. The van der Waals surface area contributed by atoms with Crippen molar-refractivity contribution >= 4 is 46.9 Å². The first-order valence-electron chi connectivity index (χ1n) is 14.4. The van der Waals surface area contributed by atoms with Gasteiger partial charge in [-0.2, -0.15) is 0 Å². The molecule has 1 unspecified atom stereocenters. The smallest absolute Gasteiger partial charge is 0.272 e. The molecule has 0 aliphatic heterocycles. The van der Waals surface area contributed by atoms with Crippen molar-refractivity contribution in [3.8, 4) is 0 Å². The van der Waals surface area contributed by atoms with Crippen LogP contribution in [0.5, 0.6) is 0 Å². The van der Waals surface area contributed by atoms with Gasteiger partial charge >= 0.3 is 0 Å². The lowest BCUT2D eigenvalue weighted by Gasteiger charge is -2.16. The first kappa shape index (κ1) is 31.3. The van der Waals surface area contributed by atoms with Crippen LogP contribution in [0.4, 0.5) is 11.4 Å². The number of benzene rings is 4. The molecule has 0 saturated carbocycles. The van der Waals surface area contributed by atoms with Gasteiger partial charge in [0.15, 0.2) is 0 Å². The molecule has 4 aromatic carbocycles. The molecule has 0 aromatic heterocycles. The summed E-state index contributed by atoms with van der Waals surface area (Å²) in [5.41, 5.74) is 4.93. The van der Waals surface area contributed by atoms with Crippen molar-refractivity contribution in [3.05, 3.63) is 131 Å². The summed E-state index contributed by atoms with van der Waals surface area (Å²) >= 11 is 1.44. The fourth-order valence-electron chi connectivity index (χ4n) is 4.36. The van der Waals surface area contributed by atoms with Gasteiger partial charge in [0.05, 0.1) is 5.25 Å². The number of carbonyl (C=O) groups is 3. The Bertz CT molecular complexity index is 1600. The number of hydrogen-bond acceptors (Lipinski definition) is 4. The lowest BCUT2D eigenvalue weighted by Crippen LogP contribution is -2.30. The average Bonchev–Trinajstić information content (AvgIpc) is 3.00. The maximum atomic E-state index is 13.5. The van der Waals surface area contributed by atoms with E-state index in [-0.39, 0.29) is 22.8 Å². The van der Waals surface area contributed by atoms with Gasteiger partial charge in [0.25, 0.3) is 11.8 Å². The normalized spacial score (nSPS) is 12.0. The summed E-state index contributed by atoms with van der Waals surface area (Å²) in [5.74, 6) is -0.534. The van der Waals surface area contributed by atoms with Gasteiger partial charge in [0, 0.05) is 21.8 Å². The highest BCUT2D eigenvalue weighted by molar-refractivity contribution is 8.00. The fourth-order valence-corrected chi connectivity index (χ4v) is 5.38. The Morgan fingerprint density at radius 3 is 2.12 bits per heavy atom. The molecule has 7 heteroatoms. The Labute approximate surface area is 258 Å². The zero-order valence-electron chi connectivity index (χ0n) is 24.9. The Kier molecular flexibility index (Phi) is 10.9. The number of rotatable bonds is 11. The lowest BCUT2D eigenvalue weighted by molar-refractivity contribution is -0.116. The van der Waals surface area contributed by atoms with Crippen molar-refractivity contribution in [3.63, 3.8) is 0 Å². The van der Waals surface area contributed by atoms with E-state index in [0.717, 1.165) is 21.7 Å². The van der Waals surface area contributed by atoms with Gasteiger partial charge < -0.3 is 16.0 Å². The summed E-state index contributed by atoms with van der Waals surface area (Å²) in [5, 5.41) is 8.39. The van der Waals surface area contributed by atoms with E-state index >= 15 is 0 Å². The van der Waals surface area contributed by atoms with Crippen LogP contribution in [-0.4, -0.2) is 23.0 Å².